The molecule has 0 radical (unpaired) electrons. The number of fused-ring (bicyclic) bond motifs is 1. The molecule has 1 unspecified atom stereocenters. The minimum atomic E-state index is -0.623. The lowest BCUT2D eigenvalue weighted by molar-refractivity contribution is -0.119. The molecule has 0 saturated heterocycles. The Hall–Kier alpha value is -1.37. The van der Waals surface area contributed by atoms with Gasteiger partial charge < -0.3 is 0 Å². The number of carbonyl (C=O) groups is 1. The van der Waals surface area contributed by atoms with Crippen LogP contribution in [0.15, 0.2) is 15.3 Å². The molecule has 0 spiro atoms. The maximum Gasteiger partial charge on any atom is 0.260 e. The molecule has 0 aromatic heterocycles. The third-order valence-electron chi connectivity index (χ3n) is 1.30. The van der Waals surface area contributed by atoms with E-state index in [1.807, 2.05) is 0 Å². The van der Waals surface area contributed by atoms with E-state index in [4.69, 9.17) is 0 Å². The molecular weight excluding hydrogens is 166 g/mol. The standard InChI is InChI=1S/C4H3N5OS/c10-3-1-2(8-9-7-1)5-4(11)6-3/h1H,(H2,5,6,7,8,10,11). The van der Waals surface area contributed by atoms with Crippen LogP contribution in [0.4, 0.5) is 0 Å². The first-order valence-corrected chi connectivity index (χ1v) is 3.27. The minimum Gasteiger partial charge on any atom is -0.299 e. The van der Waals surface area contributed by atoms with Crippen LogP contribution in [0.25, 0.3) is 0 Å². The first-order valence-electron chi connectivity index (χ1n) is 2.86. The van der Waals surface area contributed by atoms with Crippen molar-refractivity contribution in [3.63, 3.8) is 0 Å². The highest BCUT2D eigenvalue weighted by Crippen LogP contribution is 2.05. The number of rotatable bonds is 0. The third kappa shape index (κ3) is 0.891. The fourth-order valence-electron chi connectivity index (χ4n) is 0.828. The van der Waals surface area contributed by atoms with Crippen molar-refractivity contribution in [3.8, 4) is 0 Å². The second-order valence-corrected chi connectivity index (χ2v) is 2.41. The van der Waals surface area contributed by atoms with E-state index < -0.39 is 6.04 Å². The normalized spacial score (nSPS) is 27.3. The number of amidine groups is 1. The van der Waals surface area contributed by atoms with Crippen molar-refractivity contribution >= 4 is 29.1 Å². The van der Waals surface area contributed by atoms with Gasteiger partial charge in [-0.15, -0.1) is 5.11 Å². The molecule has 1 amide bonds. The van der Waals surface area contributed by atoms with Crippen molar-refractivity contribution in [2.75, 3.05) is 0 Å². The maximum atomic E-state index is 11.0. The van der Waals surface area contributed by atoms with E-state index in [-0.39, 0.29) is 11.0 Å². The Kier molecular flexibility index (Phi) is 1.19. The molecule has 0 aromatic rings. The van der Waals surface area contributed by atoms with Gasteiger partial charge in [-0.1, -0.05) is 5.22 Å². The molecule has 2 aliphatic heterocycles. The van der Waals surface area contributed by atoms with Crippen LogP contribution in [-0.4, -0.2) is 22.9 Å². The van der Waals surface area contributed by atoms with Crippen LogP contribution in [0.5, 0.6) is 0 Å². The lowest BCUT2D eigenvalue weighted by Crippen LogP contribution is -2.46. The third-order valence-corrected chi connectivity index (χ3v) is 1.49. The maximum absolute atomic E-state index is 11.0. The smallest absolute Gasteiger partial charge is 0.260 e. The Bertz CT molecular complexity index is 295. The fourth-order valence-corrected chi connectivity index (χ4v) is 1.03. The molecule has 2 N–H and O–H groups in total. The number of nitrogens with one attached hydrogen (secondary N) is 2. The minimum absolute atomic E-state index is 0.154. The van der Waals surface area contributed by atoms with Gasteiger partial charge in [0, 0.05) is 0 Å². The average Bonchev–Trinajstić information content (AvgIpc) is 2.34. The number of thiocarbonyl (C=S) groups is 1. The van der Waals surface area contributed by atoms with Crippen molar-refractivity contribution < 1.29 is 4.79 Å². The summed E-state index contributed by atoms with van der Waals surface area (Å²) in [7, 11) is 0. The zero-order chi connectivity index (χ0) is 7.84. The van der Waals surface area contributed by atoms with E-state index in [1.165, 1.54) is 0 Å². The zero-order valence-corrected chi connectivity index (χ0v) is 6.05. The summed E-state index contributed by atoms with van der Waals surface area (Å²) in [6.07, 6.45) is 0. The van der Waals surface area contributed by atoms with Crippen LogP contribution in [0, 0.1) is 0 Å². The van der Waals surface area contributed by atoms with Crippen molar-refractivity contribution in [1.82, 2.24) is 10.7 Å². The van der Waals surface area contributed by atoms with Gasteiger partial charge in [-0.05, 0) is 12.2 Å². The summed E-state index contributed by atoms with van der Waals surface area (Å²) in [6, 6.07) is -0.623. The highest BCUT2D eigenvalue weighted by molar-refractivity contribution is 7.80. The fraction of sp³-hybridized carbons (Fsp3) is 0.250. The highest BCUT2D eigenvalue weighted by Gasteiger charge is 2.32. The van der Waals surface area contributed by atoms with E-state index in [9.17, 15) is 4.79 Å². The summed E-state index contributed by atoms with van der Waals surface area (Å²) < 4.78 is 0. The van der Waals surface area contributed by atoms with Gasteiger partial charge in [-0.25, -0.2) is 10.4 Å². The molecule has 56 valence electrons. The van der Waals surface area contributed by atoms with Gasteiger partial charge in [0.1, 0.15) is 0 Å². The van der Waals surface area contributed by atoms with Gasteiger partial charge in [0.05, 0.1) is 0 Å². The molecule has 2 heterocycles. The second kappa shape index (κ2) is 2.06. The summed E-state index contributed by atoms with van der Waals surface area (Å²) in [5, 5.41) is 9.54. The van der Waals surface area contributed by atoms with Crippen LogP contribution in [0.1, 0.15) is 0 Å². The van der Waals surface area contributed by atoms with Crippen LogP contribution < -0.4 is 10.7 Å². The Morgan fingerprint density at radius 1 is 1.55 bits per heavy atom. The Balaban J connectivity index is 2.40. The van der Waals surface area contributed by atoms with Crippen LogP contribution in [0.3, 0.4) is 0 Å². The number of hydrogen-bond acceptors (Lipinski definition) is 5. The van der Waals surface area contributed by atoms with E-state index in [0.29, 0.717) is 5.84 Å². The van der Waals surface area contributed by atoms with Gasteiger partial charge in [0.25, 0.3) is 5.91 Å². The van der Waals surface area contributed by atoms with Crippen molar-refractivity contribution in [1.29, 1.82) is 0 Å². The number of hydrogen-bond donors (Lipinski definition) is 2. The lowest BCUT2D eigenvalue weighted by atomic mass is 10.2. The molecule has 0 aliphatic carbocycles. The van der Waals surface area contributed by atoms with Crippen LogP contribution in [0.2, 0.25) is 0 Å². The Morgan fingerprint density at radius 2 is 2.36 bits per heavy atom. The predicted octanol–water partition coefficient (Wildman–Crippen LogP) is -0.861. The van der Waals surface area contributed by atoms with Crippen LogP contribution in [-0.2, 0) is 4.79 Å². The first kappa shape index (κ1) is 6.35. The summed E-state index contributed by atoms with van der Waals surface area (Å²) in [4.78, 5) is 14.8. The number of amides is 1. The molecule has 2 aliphatic rings. The van der Waals surface area contributed by atoms with E-state index >= 15 is 0 Å². The van der Waals surface area contributed by atoms with E-state index in [1.54, 1.807) is 0 Å². The highest BCUT2D eigenvalue weighted by atomic mass is 32.1. The Morgan fingerprint density at radius 3 is 3.18 bits per heavy atom. The molecule has 11 heavy (non-hydrogen) atoms. The monoisotopic (exact) mass is 169 g/mol. The molecule has 0 bridgehead atoms. The quantitative estimate of drug-likeness (QED) is 0.463. The van der Waals surface area contributed by atoms with Crippen molar-refractivity contribution in [2.45, 2.75) is 6.04 Å². The molecule has 0 fully saturated rings. The van der Waals surface area contributed by atoms with Gasteiger partial charge in [0.2, 0.25) is 11.2 Å². The first-order chi connectivity index (χ1) is 5.27. The number of nitrogens with zero attached hydrogens (tertiary/aromatic N) is 3. The molecule has 1 atom stereocenters. The molecule has 6 nitrogen and oxygen atoms in total. The van der Waals surface area contributed by atoms with Gasteiger partial charge in [0.15, 0.2) is 5.84 Å². The summed E-state index contributed by atoms with van der Waals surface area (Å²) >= 11 is 4.66. The lowest BCUT2D eigenvalue weighted by Gasteiger charge is -2.12. The van der Waals surface area contributed by atoms with E-state index in [2.05, 4.69) is 38.3 Å². The largest absolute Gasteiger partial charge is 0.299 e. The van der Waals surface area contributed by atoms with Gasteiger partial charge in [-0.3, -0.25) is 10.1 Å². The van der Waals surface area contributed by atoms with E-state index in [0.717, 1.165) is 0 Å². The number of aliphatic imine (C=N–C) groups is 1. The topological polar surface area (TPSA) is 78.2 Å². The zero-order valence-electron chi connectivity index (χ0n) is 5.24. The van der Waals surface area contributed by atoms with Gasteiger partial charge >= 0.3 is 0 Å². The van der Waals surface area contributed by atoms with Crippen molar-refractivity contribution in [2.24, 2.45) is 15.3 Å². The van der Waals surface area contributed by atoms with Crippen molar-refractivity contribution in [3.05, 3.63) is 0 Å². The summed E-state index contributed by atoms with van der Waals surface area (Å²) in [5.41, 5.74) is 2.48. The van der Waals surface area contributed by atoms with Gasteiger partial charge in [-0.2, -0.15) is 0 Å². The summed E-state index contributed by atoms with van der Waals surface area (Å²) in [5.74, 6) is 0.118. The van der Waals surface area contributed by atoms with Crippen LogP contribution >= 0.6 is 12.2 Å². The second-order valence-electron chi connectivity index (χ2n) is 2.02. The molecule has 0 saturated carbocycles. The Labute approximate surface area is 66.8 Å². The molecule has 0 aromatic carbocycles. The SMILES string of the molecule is O=C1NC(=S)N=C2NN=NC12. The summed E-state index contributed by atoms with van der Waals surface area (Å²) in [6.45, 7) is 0. The molecule has 7 heteroatoms. The number of carbonyl (C=O) groups excluding carboxylic acids is 1. The predicted molar refractivity (Wildman–Crippen MR) is 40.0 cm³/mol. The average molecular weight is 169 g/mol. The molecular formula is C4H3N5OS. The molecule has 2 rings (SSSR count).